The van der Waals surface area contributed by atoms with Gasteiger partial charge in [0.25, 0.3) is 5.91 Å². The first-order valence-electron chi connectivity index (χ1n) is 12.0. The zero-order valence-corrected chi connectivity index (χ0v) is 20.7. The van der Waals surface area contributed by atoms with Gasteiger partial charge in [0.1, 0.15) is 6.54 Å². The van der Waals surface area contributed by atoms with Crippen LogP contribution in [-0.2, 0) is 4.79 Å². The Labute approximate surface area is 211 Å². The van der Waals surface area contributed by atoms with Crippen LogP contribution in [0.1, 0.15) is 30.1 Å². The highest BCUT2D eigenvalue weighted by Gasteiger charge is 2.25. The van der Waals surface area contributed by atoms with E-state index in [4.69, 9.17) is 11.6 Å². The minimum atomic E-state index is -0.143. The minimum Gasteiger partial charge on any atom is -0.352 e. The number of unbranched alkanes of at least 4 members (excludes halogenated alkanes) is 1. The van der Waals surface area contributed by atoms with Crippen molar-refractivity contribution in [3.05, 3.63) is 77.3 Å². The third-order valence-electron chi connectivity index (χ3n) is 6.16. The van der Waals surface area contributed by atoms with Gasteiger partial charge in [-0.2, -0.15) is 0 Å². The normalized spacial score (nSPS) is 13.5. The van der Waals surface area contributed by atoms with Crippen molar-refractivity contribution in [2.24, 2.45) is 0 Å². The third-order valence-corrected chi connectivity index (χ3v) is 6.41. The predicted molar refractivity (Wildman–Crippen MR) is 139 cm³/mol. The molecule has 0 spiro atoms. The second-order valence-electron chi connectivity index (χ2n) is 8.60. The Balaban J connectivity index is 1.34. The molecule has 3 aromatic rings. The maximum atomic E-state index is 13.1. The second-order valence-corrected chi connectivity index (χ2v) is 9.03. The highest BCUT2D eigenvalue weighted by molar-refractivity contribution is 6.30. The molecule has 1 saturated heterocycles. The van der Waals surface area contributed by atoms with Crippen molar-refractivity contribution in [2.75, 3.05) is 44.2 Å². The minimum absolute atomic E-state index is 0.0337. The van der Waals surface area contributed by atoms with Crippen molar-refractivity contribution in [1.29, 1.82) is 0 Å². The molecule has 1 aliphatic rings. The number of amides is 2. The molecule has 182 valence electrons. The van der Waals surface area contributed by atoms with Crippen molar-refractivity contribution in [2.45, 2.75) is 19.8 Å². The van der Waals surface area contributed by atoms with Crippen LogP contribution in [0.5, 0.6) is 0 Å². The Morgan fingerprint density at radius 2 is 1.63 bits per heavy atom. The maximum absolute atomic E-state index is 13.1. The summed E-state index contributed by atoms with van der Waals surface area (Å²) in [7, 11) is 0. The van der Waals surface area contributed by atoms with Gasteiger partial charge < -0.3 is 14.7 Å². The van der Waals surface area contributed by atoms with E-state index in [2.05, 4.69) is 22.0 Å². The number of hydrogen-bond acceptors (Lipinski definition) is 5. The number of hydrogen-bond donors (Lipinski definition) is 0. The topological polar surface area (TPSA) is 69.6 Å². The van der Waals surface area contributed by atoms with E-state index in [-0.39, 0.29) is 18.4 Å². The van der Waals surface area contributed by atoms with Crippen LogP contribution in [0.3, 0.4) is 0 Å². The summed E-state index contributed by atoms with van der Waals surface area (Å²) in [4.78, 5) is 31.7. The van der Waals surface area contributed by atoms with Crippen molar-refractivity contribution in [3.63, 3.8) is 0 Å². The Bertz CT molecular complexity index is 1110. The first-order valence-corrected chi connectivity index (χ1v) is 12.4. The van der Waals surface area contributed by atoms with Crippen LogP contribution in [-0.4, -0.2) is 71.1 Å². The lowest BCUT2D eigenvalue weighted by molar-refractivity contribution is -0.132. The number of nitrogens with zero attached hydrogens (tertiary/aromatic N) is 5. The molecule has 1 fully saturated rings. The molecule has 1 aliphatic heterocycles. The van der Waals surface area contributed by atoms with Crippen molar-refractivity contribution in [1.82, 2.24) is 20.0 Å². The number of piperazine rings is 1. The smallest absolute Gasteiger partial charge is 0.254 e. The number of anilines is 1. The third kappa shape index (κ3) is 6.36. The van der Waals surface area contributed by atoms with Crippen molar-refractivity contribution >= 4 is 29.2 Å². The Morgan fingerprint density at radius 1 is 0.914 bits per heavy atom. The Morgan fingerprint density at radius 3 is 2.26 bits per heavy atom. The molecule has 0 saturated carbocycles. The molecule has 7 nitrogen and oxygen atoms in total. The average molecular weight is 492 g/mol. The molecule has 8 heteroatoms. The first kappa shape index (κ1) is 24.7. The van der Waals surface area contributed by atoms with Gasteiger partial charge in [0.2, 0.25) is 5.91 Å². The van der Waals surface area contributed by atoms with Crippen LogP contribution in [0.15, 0.2) is 66.7 Å². The van der Waals surface area contributed by atoms with E-state index in [0.717, 1.165) is 29.9 Å². The van der Waals surface area contributed by atoms with E-state index in [1.54, 1.807) is 29.2 Å². The molecule has 0 N–H and O–H groups in total. The summed E-state index contributed by atoms with van der Waals surface area (Å²) >= 11 is 5.96. The van der Waals surface area contributed by atoms with Crippen LogP contribution in [0.2, 0.25) is 5.02 Å². The van der Waals surface area contributed by atoms with Gasteiger partial charge in [-0.1, -0.05) is 55.3 Å². The number of carbonyl (C=O) groups excluding carboxylic acids is 2. The predicted octanol–water partition coefficient (Wildman–Crippen LogP) is 4.39. The molecule has 0 aliphatic carbocycles. The quantitative estimate of drug-likeness (QED) is 0.467. The van der Waals surface area contributed by atoms with Crippen LogP contribution in [0, 0.1) is 0 Å². The summed E-state index contributed by atoms with van der Waals surface area (Å²) in [6.07, 6.45) is 1.79. The second kappa shape index (κ2) is 11.8. The van der Waals surface area contributed by atoms with Gasteiger partial charge in [0, 0.05) is 48.9 Å². The first-order chi connectivity index (χ1) is 17.0. The van der Waals surface area contributed by atoms with Crippen LogP contribution in [0.25, 0.3) is 11.3 Å². The molecule has 0 bridgehead atoms. The van der Waals surface area contributed by atoms with E-state index < -0.39 is 0 Å². The summed E-state index contributed by atoms with van der Waals surface area (Å²) in [5.74, 6) is 0.628. The molecular formula is C27H30ClN5O2. The maximum Gasteiger partial charge on any atom is 0.254 e. The SMILES string of the molecule is CCCCN(CC(=O)N1CCN(c2ccc(-c3ccccc3)nn2)CC1)C(=O)c1ccc(Cl)cc1. The number of rotatable bonds is 8. The highest BCUT2D eigenvalue weighted by atomic mass is 35.5. The largest absolute Gasteiger partial charge is 0.352 e. The van der Waals surface area contributed by atoms with Gasteiger partial charge in [0.15, 0.2) is 5.82 Å². The van der Waals surface area contributed by atoms with E-state index in [1.165, 1.54) is 0 Å². The summed E-state index contributed by atoms with van der Waals surface area (Å²) in [5.41, 5.74) is 2.41. The fraction of sp³-hybridized carbons (Fsp3) is 0.333. The number of benzene rings is 2. The van der Waals surface area contributed by atoms with E-state index in [9.17, 15) is 9.59 Å². The standard InChI is InChI=1S/C27H30ClN5O2/c1-2-3-15-33(27(35)22-9-11-23(28)12-10-22)20-26(34)32-18-16-31(17-19-32)25-14-13-24(29-30-25)21-7-5-4-6-8-21/h4-14H,2-3,15-20H2,1H3. The molecule has 2 heterocycles. The van der Waals surface area contributed by atoms with Gasteiger partial charge >= 0.3 is 0 Å². The van der Waals surface area contributed by atoms with E-state index in [0.29, 0.717) is 43.3 Å². The zero-order valence-electron chi connectivity index (χ0n) is 19.9. The fourth-order valence-electron chi connectivity index (χ4n) is 4.08. The lowest BCUT2D eigenvalue weighted by atomic mass is 10.1. The summed E-state index contributed by atoms with van der Waals surface area (Å²) in [6, 6.07) is 20.7. The molecule has 35 heavy (non-hydrogen) atoms. The molecule has 1 aromatic heterocycles. The summed E-state index contributed by atoms with van der Waals surface area (Å²) < 4.78 is 0. The van der Waals surface area contributed by atoms with Gasteiger partial charge in [-0.25, -0.2) is 0 Å². The Hall–Kier alpha value is -3.45. The highest BCUT2D eigenvalue weighted by Crippen LogP contribution is 2.19. The van der Waals surface area contributed by atoms with Crippen LogP contribution in [0.4, 0.5) is 5.82 Å². The molecule has 0 unspecified atom stereocenters. The summed E-state index contributed by atoms with van der Waals surface area (Å²) in [5, 5.41) is 9.36. The molecular weight excluding hydrogens is 462 g/mol. The van der Waals surface area contributed by atoms with Crippen LogP contribution < -0.4 is 4.90 Å². The fourth-order valence-corrected chi connectivity index (χ4v) is 4.21. The zero-order chi connectivity index (χ0) is 24.6. The van der Waals surface area contributed by atoms with Crippen LogP contribution >= 0.6 is 11.6 Å². The van der Waals surface area contributed by atoms with E-state index >= 15 is 0 Å². The lowest BCUT2D eigenvalue weighted by Crippen LogP contribution is -2.52. The van der Waals surface area contributed by atoms with Gasteiger partial charge in [-0.05, 0) is 42.8 Å². The monoisotopic (exact) mass is 491 g/mol. The van der Waals surface area contributed by atoms with Crippen molar-refractivity contribution < 1.29 is 9.59 Å². The number of halogens is 1. The lowest BCUT2D eigenvalue weighted by Gasteiger charge is -2.36. The summed E-state index contributed by atoms with van der Waals surface area (Å²) in [6.45, 7) is 5.20. The number of carbonyl (C=O) groups is 2. The molecule has 0 atom stereocenters. The average Bonchev–Trinajstić information content (AvgIpc) is 2.91. The number of aromatic nitrogens is 2. The molecule has 0 radical (unpaired) electrons. The van der Waals surface area contributed by atoms with Crippen molar-refractivity contribution in [3.8, 4) is 11.3 Å². The molecule has 2 aromatic carbocycles. The van der Waals surface area contributed by atoms with E-state index in [1.807, 2.05) is 47.4 Å². The van der Waals surface area contributed by atoms with Gasteiger partial charge in [-0.15, -0.1) is 10.2 Å². The van der Waals surface area contributed by atoms with Gasteiger partial charge in [-0.3, -0.25) is 9.59 Å². The molecule has 4 rings (SSSR count). The molecule has 2 amide bonds. The Kier molecular flexibility index (Phi) is 8.32. The van der Waals surface area contributed by atoms with Gasteiger partial charge in [0.05, 0.1) is 5.69 Å².